The van der Waals surface area contributed by atoms with Gasteiger partial charge in [0, 0.05) is 12.3 Å². The van der Waals surface area contributed by atoms with Crippen molar-refractivity contribution < 1.29 is 0 Å². The van der Waals surface area contributed by atoms with Crippen LogP contribution in [0.3, 0.4) is 0 Å². The highest BCUT2D eigenvalue weighted by Crippen LogP contribution is 2.19. The quantitative estimate of drug-likeness (QED) is 0.367. The third-order valence-electron chi connectivity index (χ3n) is 1.76. The summed E-state index contributed by atoms with van der Waals surface area (Å²) in [5, 5.41) is 1.27. The van der Waals surface area contributed by atoms with Crippen molar-refractivity contribution in [2.24, 2.45) is 0 Å². The average molecular weight is 285 g/mol. The van der Waals surface area contributed by atoms with Crippen molar-refractivity contribution >= 4 is 53.0 Å². The van der Waals surface area contributed by atoms with Crippen molar-refractivity contribution in [2.45, 2.75) is 11.0 Å². The van der Waals surface area contributed by atoms with E-state index in [-0.39, 0.29) is 12.4 Å². The first-order valence-electron chi connectivity index (χ1n) is 3.89. The van der Waals surface area contributed by atoms with E-state index in [9.17, 15) is 0 Å². The summed E-state index contributed by atoms with van der Waals surface area (Å²) in [6, 6.07) is 1.72. The van der Waals surface area contributed by atoms with Gasteiger partial charge >= 0.3 is 0 Å². The number of thioether (sulfide) groups is 1. The molecule has 0 aromatic carbocycles. The fraction of sp³-hybridized carbons (Fsp3) is 0.250. The zero-order valence-electron chi connectivity index (χ0n) is 7.78. The van der Waals surface area contributed by atoms with Crippen LogP contribution in [0.1, 0.15) is 5.69 Å². The van der Waals surface area contributed by atoms with Crippen LogP contribution in [0.25, 0.3) is 5.65 Å². The fourth-order valence-electron chi connectivity index (χ4n) is 1.19. The minimum absolute atomic E-state index is 0. The molecule has 0 aliphatic heterocycles. The highest BCUT2D eigenvalue weighted by molar-refractivity contribution is 7.98. The Bertz CT molecular complexity index is 471. The summed E-state index contributed by atoms with van der Waals surface area (Å²) >= 11 is 13.1. The molecule has 15 heavy (non-hydrogen) atoms. The second kappa shape index (κ2) is 5.25. The van der Waals surface area contributed by atoms with E-state index in [1.54, 1.807) is 6.07 Å². The second-order valence-electron chi connectivity index (χ2n) is 2.66. The van der Waals surface area contributed by atoms with E-state index >= 15 is 0 Å². The Morgan fingerprint density at radius 3 is 2.80 bits per heavy atom. The molecule has 82 valence electrons. The van der Waals surface area contributed by atoms with Crippen LogP contribution >= 0.6 is 47.4 Å². The Labute approximate surface area is 108 Å². The standard InChI is InChI=1S/C8H7Cl2N3S.ClH/c1-14-8-12-6(10)2-7-11-5(3-9)4-13(7)8;/h2,4H,3H2,1H3;1H. The summed E-state index contributed by atoms with van der Waals surface area (Å²) in [6.07, 6.45) is 3.82. The molecule has 0 aliphatic carbocycles. The van der Waals surface area contributed by atoms with Gasteiger partial charge in [-0.2, -0.15) is 0 Å². The molecule has 0 amide bonds. The lowest BCUT2D eigenvalue weighted by atomic mass is 10.6. The monoisotopic (exact) mass is 283 g/mol. The van der Waals surface area contributed by atoms with E-state index in [2.05, 4.69) is 9.97 Å². The molecule has 0 bridgehead atoms. The Kier molecular flexibility index (Phi) is 4.52. The fourth-order valence-corrected chi connectivity index (χ4v) is 2.08. The van der Waals surface area contributed by atoms with E-state index in [0.29, 0.717) is 11.0 Å². The zero-order valence-corrected chi connectivity index (χ0v) is 10.9. The van der Waals surface area contributed by atoms with Crippen molar-refractivity contribution in [1.82, 2.24) is 14.4 Å². The van der Waals surface area contributed by atoms with E-state index in [0.717, 1.165) is 16.5 Å². The summed E-state index contributed by atoms with van der Waals surface area (Å²) in [4.78, 5) is 8.47. The van der Waals surface area contributed by atoms with Crippen LogP contribution < -0.4 is 0 Å². The highest BCUT2D eigenvalue weighted by Gasteiger charge is 2.06. The van der Waals surface area contributed by atoms with Crippen molar-refractivity contribution in [1.29, 1.82) is 0 Å². The molecule has 2 aromatic rings. The van der Waals surface area contributed by atoms with Crippen molar-refractivity contribution in [3.8, 4) is 0 Å². The molecule has 2 heterocycles. The summed E-state index contributed by atoms with van der Waals surface area (Å²) in [6.45, 7) is 0. The van der Waals surface area contributed by atoms with Crippen LogP contribution in [0.2, 0.25) is 5.15 Å². The Hall–Kier alpha value is -0.160. The topological polar surface area (TPSA) is 30.2 Å². The molecule has 3 nitrogen and oxygen atoms in total. The molecule has 0 fully saturated rings. The van der Waals surface area contributed by atoms with Crippen LogP contribution in [0.15, 0.2) is 17.4 Å². The lowest BCUT2D eigenvalue weighted by Gasteiger charge is -2.00. The number of imidazole rings is 1. The van der Waals surface area contributed by atoms with E-state index in [1.807, 2.05) is 16.9 Å². The van der Waals surface area contributed by atoms with Gasteiger partial charge in [-0.05, 0) is 6.26 Å². The maximum absolute atomic E-state index is 5.84. The SMILES string of the molecule is CSc1nc(Cl)cc2nc(CCl)cn12.Cl. The van der Waals surface area contributed by atoms with Crippen LogP contribution in [-0.2, 0) is 5.88 Å². The van der Waals surface area contributed by atoms with Crippen molar-refractivity contribution in [3.63, 3.8) is 0 Å². The third kappa shape index (κ3) is 2.50. The number of nitrogens with zero attached hydrogens (tertiary/aromatic N) is 3. The normalized spacial score (nSPS) is 10.3. The molecule has 0 saturated carbocycles. The molecule has 7 heteroatoms. The molecule has 0 N–H and O–H groups in total. The summed E-state index contributed by atoms with van der Waals surface area (Å²) in [5.74, 6) is 0.396. The maximum Gasteiger partial charge on any atom is 0.174 e. The van der Waals surface area contributed by atoms with Gasteiger partial charge in [0.2, 0.25) is 0 Å². The lowest BCUT2D eigenvalue weighted by molar-refractivity contribution is 0.905. The Morgan fingerprint density at radius 1 is 1.47 bits per heavy atom. The number of aromatic nitrogens is 3. The number of halogens is 3. The second-order valence-corrected chi connectivity index (χ2v) is 4.09. The Balaban J connectivity index is 0.00000112. The van der Waals surface area contributed by atoms with E-state index in [1.165, 1.54) is 11.8 Å². The Morgan fingerprint density at radius 2 is 2.20 bits per heavy atom. The summed E-state index contributed by atoms with van der Waals surface area (Å²) in [5.41, 5.74) is 1.61. The van der Waals surface area contributed by atoms with Gasteiger partial charge in [-0.25, -0.2) is 9.97 Å². The number of alkyl halides is 1. The molecule has 2 rings (SSSR count). The number of hydrogen-bond donors (Lipinski definition) is 0. The molecule has 0 atom stereocenters. The number of fused-ring (bicyclic) bond motifs is 1. The predicted molar refractivity (Wildman–Crippen MR) is 66.6 cm³/mol. The molecule has 0 saturated heterocycles. The first-order chi connectivity index (χ1) is 6.74. The zero-order chi connectivity index (χ0) is 10.1. The van der Waals surface area contributed by atoms with Gasteiger partial charge in [0.25, 0.3) is 0 Å². The van der Waals surface area contributed by atoms with E-state index in [4.69, 9.17) is 23.2 Å². The summed E-state index contributed by atoms with van der Waals surface area (Å²) < 4.78 is 1.88. The van der Waals surface area contributed by atoms with Crippen LogP contribution in [0.5, 0.6) is 0 Å². The molecule has 0 unspecified atom stereocenters. The van der Waals surface area contributed by atoms with Crippen LogP contribution in [0.4, 0.5) is 0 Å². The van der Waals surface area contributed by atoms with Crippen LogP contribution in [-0.4, -0.2) is 20.6 Å². The van der Waals surface area contributed by atoms with Gasteiger partial charge in [0.1, 0.15) is 10.8 Å². The van der Waals surface area contributed by atoms with Crippen molar-refractivity contribution in [2.75, 3.05) is 6.26 Å². The lowest BCUT2D eigenvalue weighted by Crippen LogP contribution is -1.92. The smallest absolute Gasteiger partial charge is 0.174 e. The van der Waals surface area contributed by atoms with Gasteiger partial charge < -0.3 is 0 Å². The number of rotatable bonds is 2. The first-order valence-corrected chi connectivity index (χ1v) is 6.03. The highest BCUT2D eigenvalue weighted by atomic mass is 35.5. The molecular weight excluding hydrogens is 277 g/mol. The average Bonchev–Trinajstić information content (AvgIpc) is 2.59. The minimum Gasteiger partial charge on any atom is -0.278 e. The number of hydrogen-bond acceptors (Lipinski definition) is 3. The van der Waals surface area contributed by atoms with E-state index < -0.39 is 0 Å². The van der Waals surface area contributed by atoms with Crippen molar-refractivity contribution in [3.05, 3.63) is 23.1 Å². The van der Waals surface area contributed by atoms with Gasteiger partial charge in [-0.3, -0.25) is 4.40 Å². The molecular formula is C8H8Cl3N3S. The molecule has 0 radical (unpaired) electrons. The molecule has 2 aromatic heterocycles. The molecule has 0 spiro atoms. The minimum atomic E-state index is 0. The van der Waals surface area contributed by atoms with Gasteiger partial charge in [-0.1, -0.05) is 23.4 Å². The van der Waals surface area contributed by atoms with Gasteiger partial charge in [-0.15, -0.1) is 24.0 Å². The predicted octanol–water partition coefficient (Wildman–Crippen LogP) is 3.27. The maximum atomic E-state index is 5.84. The first kappa shape index (κ1) is 12.9. The van der Waals surface area contributed by atoms with Crippen LogP contribution in [0, 0.1) is 0 Å². The largest absolute Gasteiger partial charge is 0.278 e. The summed E-state index contributed by atoms with van der Waals surface area (Å²) in [7, 11) is 0. The third-order valence-corrected chi connectivity index (χ3v) is 2.88. The molecule has 0 aliphatic rings. The van der Waals surface area contributed by atoms with Gasteiger partial charge in [0.15, 0.2) is 5.16 Å². The van der Waals surface area contributed by atoms with Gasteiger partial charge in [0.05, 0.1) is 11.6 Å².